The van der Waals surface area contributed by atoms with Gasteiger partial charge < -0.3 is 10.2 Å². The largest absolute Gasteiger partial charge is 0.355 e. The Labute approximate surface area is 199 Å². The molecule has 0 aliphatic carbocycles. The molecule has 3 aromatic carbocycles. The minimum absolute atomic E-state index is 0.133. The van der Waals surface area contributed by atoms with E-state index in [1.165, 1.54) is 12.1 Å². The zero-order valence-electron chi connectivity index (χ0n) is 18.9. The first kappa shape index (κ1) is 24.5. The summed E-state index contributed by atoms with van der Waals surface area (Å²) in [7, 11) is 0. The molecule has 0 unspecified atom stereocenters. The summed E-state index contributed by atoms with van der Waals surface area (Å²) in [5.41, 5.74) is 3.00. The third-order valence-corrected chi connectivity index (χ3v) is 5.97. The van der Waals surface area contributed by atoms with E-state index in [4.69, 9.17) is 11.6 Å². The number of rotatable bonds is 9. The van der Waals surface area contributed by atoms with Crippen LogP contribution in [-0.2, 0) is 29.0 Å². The summed E-state index contributed by atoms with van der Waals surface area (Å²) in [5.74, 6) is -1.15. The molecule has 0 saturated carbocycles. The van der Waals surface area contributed by atoms with Crippen molar-refractivity contribution >= 4 is 23.4 Å². The fourth-order valence-corrected chi connectivity index (χ4v) is 4.00. The van der Waals surface area contributed by atoms with Crippen LogP contribution in [0.15, 0.2) is 72.8 Å². The number of nitrogens with one attached hydrogen (secondary N) is 1. The van der Waals surface area contributed by atoms with E-state index in [1.54, 1.807) is 11.0 Å². The Bertz CT molecular complexity index is 1080. The second-order valence-electron chi connectivity index (χ2n) is 7.93. The van der Waals surface area contributed by atoms with Gasteiger partial charge in [-0.1, -0.05) is 72.3 Å². The monoisotopic (exact) mass is 466 g/mol. The molecular weight excluding hydrogens is 439 g/mol. The van der Waals surface area contributed by atoms with E-state index in [9.17, 15) is 14.0 Å². The lowest BCUT2D eigenvalue weighted by atomic mass is 10.0. The predicted octanol–water partition coefficient (Wildman–Crippen LogP) is 5.11. The highest BCUT2D eigenvalue weighted by molar-refractivity contribution is 6.31. The molecule has 0 radical (unpaired) electrons. The number of likely N-dealkylation sites (N-methyl/N-ethyl adjacent to an activating group) is 1. The zero-order chi connectivity index (χ0) is 23.8. The van der Waals surface area contributed by atoms with Gasteiger partial charge in [-0.15, -0.1) is 0 Å². The molecule has 0 heterocycles. The van der Waals surface area contributed by atoms with Crippen LogP contribution >= 0.6 is 11.6 Å². The van der Waals surface area contributed by atoms with Crippen molar-refractivity contribution in [3.63, 3.8) is 0 Å². The van der Waals surface area contributed by atoms with E-state index in [-0.39, 0.29) is 35.4 Å². The topological polar surface area (TPSA) is 49.4 Å². The molecule has 33 heavy (non-hydrogen) atoms. The van der Waals surface area contributed by atoms with E-state index in [0.29, 0.717) is 13.0 Å². The molecule has 1 N–H and O–H groups in total. The van der Waals surface area contributed by atoms with Crippen LogP contribution in [0.2, 0.25) is 5.02 Å². The van der Waals surface area contributed by atoms with Gasteiger partial charge in [0.05, 0.1) is 6.42 Å². The molecule has 1 atom stereocenters. The van der Waals surface area contributed by atoms with Crippen molar-refractivity contribution in [3.8, 4) is 0 Å². The third-order valence-electron chi connectivity index (χ3n) is 5.61. The maximum Gasteiger partial charge on any atom is 0.243 e. The van der Waals surface area contributed by atoms with E-state index in [1.807, 2.05) is 68.4 Å². The first-order valence-electron chi connectivity index (χ1n) is 11.0. The molecular formula is C27H28ClFN2O2. The van der Waals surface area contributed by atoms with Crippen molar-refractivity contribution in [1.29, 1.82) is 0 Å². The molecule has 6 heteroatoms. The minimum Gasteiger partial charge on any atom is -0.355 e. The van der Waals surface area contributed by atoms with Crippen LogP contribution in [0.4, 0.5) is 4.39 Å². The standard InChI is InChI=1S/C27H28ClFN2O2/c1-3-30-27(33)25(16-20-11-5-4-6-12-20)31(18-21-13-8-7-10-19(21)2)26(32)17-22-23(28)14-9-15-24(22)29/h4-15,25H,3,16-18H2,1-2H3,(H,30,33)/t25-/m1/s1. The summed E-state index contributed by atoms with van der Waals surface area (Å²) < 4.78 is 14.5. The highest BCUT2D eigenvalue weighted by Gasteiger charge is 2.31. The molecule has 3 rings (SSSR count). The Kier molecular flexibility index (Phi) is 8.61. The average Bonchev–Trinajstić information content (AvgIpc) is 2.80. The normalized spacial score (nSPS) is 11.6. The molecule has 0 aromatic heterocycles. The molecule has 0 saturated heterocycles. The van der Waals surface area contributed by atoms with E-state index in [0.717, 1.165) is 16.7 Å². The van der Waals surface area contributed by atoms with Crippen molar-refractivity contribution in [2.75, 3.05) is 6.54 Å². The number of benzene rings is 3. The molecule has 0 aliphatic heterocycles. The molecule has 0 bridgehead atoms. The Hall–Kier alpha value is -3.18. The summed E-state index contributed by atoms with van der Waals surface area (Å²) in [6, 6.07) is 20.9. The lowest BCUT2D eigenvalue weighted by Gasteiger charge is -2.32. The SMILES string of the molecule is CCNC(=O)[C@@H](Cc1ccccc1)N(Cc1ccccc1C)C(=O)Cc1c(F)cccc1Cl. The highest BCUT2D eigenvalue weighted by Crippen LogP contribution is 2.23. The highest BCUT2D eigenvalue weighted by atomic mass is 35.5. The van der Waals surface area contributed by atoms with Crippen molar-refractivity contribution in [3.05, 3.63) is 106 Å². The number of amides is 2. The number of halogens is 2. The lowest BCUT2D eigenvalue weighted by molar-refractivity contribution is -0.140. The molecule has 3 aromatic rings. The van der Waals surface area contributed by atoms with Crippen molar-refractivity contribution in [2.45, 2.75) is 39.3 Å². The van der Waals surface area contributed by atoms with Gasteiger partial charge in [-0.25, -0.2) is 4.39 Å². The Morgan fingerprint density at radius 1 is 1.00 bits per heavy atom. The van der Waals surface area contributed by atoms with Gasteiger partial charge in [0.1, 0.15) is 11.9 Å². The van der Waals surface area contributed by atoms with Crippen LogP contribution in [0.1, 0.15) is 29.2 Å². The molecule has 4 nitrogen and oxygen atoms in total. The molecule has 172 valence electrons. The lowest BCUT2D eigenvalue weighted by Crippen LogP contribution is -2.51. The fourth-order valence-electron chi connectivity index (χ4n) is 3.77. The van der Waals surface area contributed by atoms with Crippen molar-refractivity contribution in [2.24, 2.45) is 0 Å². The summed E-state index contributed by atoms with van der Waals surface area (Å²) in [6.07, 6.45) is 0.109. The third kappa shape index (κ3) is 6.42. The van der Waals surface area contributed by atoms with Crippen LogP contribution < -0.4 is 5.32 Å². The van der Waals surface area contributed by atoms with Gasteiger partial charge in [0.15, 0.2) is 0 Å². The van der Waals surface area contributed by atoms with Gasteiger partial charge in [-0.3, -0.25) is 9.59 Å². The number of carbonyl (C=O) groups is 2. The number of hydrogen-bond acceptors (Lipinski definition) is 2. The summed E-state index contributed by atoms with van der Waals surface area (Å²) in [4.78, 5) is 28.3. The summed E-state index contributed by atoms with van der Waals surface area (Å²) in [5, 5.41) is 3.05. The molecule has 0 aliphatic rings. The average molecular weight is 467 g/mol. The van der Waals surface area contributed by atoms with Gasteiger partial charge >= 0.3 is 0 Å². The second kappa shape index (κ2) is 11.6. The quantitative estimate of drug-likeness (QED) is 0.476. The fraction of sp³-hybridized carbons (Fsp3) is 0.259. The minimum atomic E-state index is -0.759. The maximum atomic E-state index is 14.5. The Morgan fingerprint density at radius 3 is 2.36 bits per heavy atom. The van der Waals surface area contributed by atoms with Crippen LogP contribution in [0.5, 0.6) is 0 Å². The van der Waals surface area contributed by atoms with Gasteiger partial charge in [0.25, 0.3) is 0 Å². The number of nitrogens with zero attached hydrogens (tertiary/aromatic N) is 1. The molecule has 0 fully saturated rings. The number of carbonyl (C=O) groups excluding carboxylic acids is 2. The predicted molar refractivity (Wildman–Crippen MR) is 129 cm³/mol. The Morgan fingerprint density at radius 2 is 1.70 bits per heavy atom. The smallest absolute Gasteiger partial charge is 0.243 e. The van der Waals surface area contributed by atoms with E-state index >= 15 is 0 Å². The van der Waals surface area contributed by atoms with Gasteiger partial charge in [0, 0.05) is 30.1 Å². The molecule has 2 amide bonds. The van der Waals surface area contributed by atoms with Crippen LogP contribution in [-0.4, -0.2) is 29.3 Å². The van der Waals surface area contributed by atoms with Crippen LogP contribution in [0.25, 0.3) is 0 Å². The number of aryl methyl sites for hydroxylation is 1. The number of hydrogen-bond donors (Lipinski definition) is 1. The van der Waals surface area contributed by atoms with Crippen molar-refractivity contribution in [1.82, 2.24) is 10.2 Å². The van der Waals surface area contributed by atoms with Gasteiger partial charge in [0.2, 0.25) is 11.8 Å². The van der Waals surface area contributed by atoms with Gasteiger partial charge in [-0.2, -0.15) is 0 Å². The second-order valence-corrected chi connectivity index (χ2v) is 8.33. The van der Waals surface area contributed by atoms with Gasteiger partial charge in [-0.05, 0) is 42.7 Å². The first-order chi connectivity index (χ1) is 15.9. The Balaban J connectivity index is 2.01. The van der Waals surface area contributed by atoms with Crippen molar-refractivity contribution < 1.29 is 14.0 Å². The summed E-state index contributed by atoms with van der Waals surface area (Å²) in [6.45, 7) is 4.47. The first-order valence-corrected chi connectivity index (χ1v) is 11.4. The van der Waals surface area contributed by atoms with Crippen LogP contribution in [0.3, 0.4) is 0 Å². The van der Waals surface area contributed by atoms with Crippen LogP contribution in [0, 0.1) is 12.7 Å². The van der Waals surface area contributed by atoms with E-state index < -0.39 is 11.9 Å². The van der Waals surface area contributed by atoms with E-state index in [2.05, 4.69) is 5.32 Å². The molecule has 0 spiro atoms. The maximum absolute atomic E-state index is 14.5. The zero-order valence-corrected chi connectivity index (χ0v) is 19.6. The summed E-state index contributed by atoms with van der Waals surface area (Å²) >= 11 is 6.20.